The van der Waals surface area contributed by atoms with E-state index in [1.165, 1.54) is 16.7 Å². The molecule has 2 saturated heterocycles. The smallest absolute Gasteiger partial charge is 0.109 e. The number of ether oxygens (including phenoxy) is 1. The van der Waals surface area contributed by atoms with E-state index in [1.807, 2.05) is 18.3 Å². The van der Waals surface area contributed by atoms with Crippen LogP contribution in [0.2, 0.25) is 10.0 Å². The molecule has 0 amide bonds. The molecule has 32 heavy (non-hydrogen) atoms. The molecule has 4 rings (SSSR count). The van der Waals surface area contributed by atoms with Gasteiger partial charge >= 0.3 is 0 Å². The van der Waals surface area contributed by atoms with Gasteiger partial charge in [0, 0.05) is 35.9 Å². The Kier molecular flexibility index (Phi) is 7.41. The zero-order valence-corrected chi connectivity index (χ0v) is 20.7. The monoisotopic (exact) mass is 470 g/mol. The summed E-state index contributed by atoms with van der Waals surface area (Å²) in [6.45, 7) is 9.31. The number of hydrogen-bond donors (Lipinski definition) is 0. The van der Waals surface area contributed by atoms with E-state index in [0.29, 0.717) is 10.0 Å². The van der Waals surface area contributed by atoms with Crippen molar-refractivity contribution >= 4 is 23.2 Å². The molecule has 1 unspecified atom stereocenters. The Morgan fingerprint density at radius 3 is 2.34 bits per heavy atom. The number of nitrogens with zero attached hydrogens (tertiary/aromatic N) is 2. The molecular formula is C27H32Cl2N2O. The molecule has 2 aliphatic heterocycles. The molecule has 0 aliphatic carbocycles. The first-order valence-electron chi connectivity index (χ1n) is 11.6. The summed E-state index contributed by atoms with van der Waals surface area (Å²) in [4.78, 5) is 7.08. The highest BCUT2D eigenvalue weighted by molar-refractivity contribution is 6.34. The number of likely N-dealkylation sites (tertiary alicyclic amines) is 1. The van der Waals surface area contributed by atoms with Gasteiger partial charge in [-0.25, -0.2) is 0 Å². The van der Waals surface area contributed by atoms with Crippen molar-refractivity contribution in [3.05, 3.63) is 86.7 Å². The van der Waals surface area contributed by atoms with Gasteiger partial charge < -0.3 is 4.74 Å². The zero-order chi connectivity index (χ0) is 22.7. The first-order valence-corrected chi connectivity index (χ1v) is 12.4. The fraction of sp³-hybridized carbons (Fsp3) is 0.444. The lowest BCUT2D eigenvalue weighted by molar-refractivity contribution is -0.0614. The molecule has 3 nitrogen and oxygen atoms in total. The normalized spacial score (nSPS) is 23.5. The van der Waals surface area contributed by atoms with Gasteiger partial charge in [-0.3, -0.25) is 9.88 Å². The molecule has 1 atom stereocenters. The van der Waals surface area contributed by atoms with Gasteiger partial charge in [-0.2, -0.15) is 0 Å². The molecule has 0 radical (unpaired) electrons. The van der Waals surface area contributed by atoms with Crippen LogP contribution in [0.15, 0.2) is 59.8 Å². The highest BCUT2D eigenvalue weighted by Gasteiger charge is 2.49. The van der Waals surface area contributed by atoms with Crippen LogP contribution in [0.25, 0.3) is 0 Å². The van der Waals surface area contributed by atoms with E-state index in [0.717, 1.165) is 56.6 Å². The lowest BCUT2D eigenvalue weighted by Crippen LogP contribution is -2.44. The number of aryl methyl sites for hydroxylation is 1. The second-order valence-electron chi connectivity index (χ2n) is 8.89. The molecule has 2 aromatic rings. The van der Waals surface area contributed by atoms with E-state index in [2.05, 4.69) is 54.9 Å². The van der Waals surface area contributed by atoms with Crippen LogP contribution >= 0.6 is 23.2 Å². The molecule has 5 heteroatoms. The number of pyridine rings is 1. The number of benzene rings is 1. The molecule has 1 aromatic carbocycles. The quantitative estimate of drug-likeness (QED) is 0.452. The molecule has 0 bridgehead atoms. The molecule has 1 aromatic heterocycles. The Hall–Kier alpha value is -1.65. The average Bonchev–Trinajstić information content (AvgIpc) is 3.05. The van der Waals surface area contributed by atoms with E-state index < -0.39 is 0 Å². The summed E-state index contributed by atoms with van der Waals surface area (Å²) >= 11 is 12.7. The van der Waals surface area contributed by atoms with Crippen LogP contribution < -0.4 is 0 Å². The SMILES string of the molecule is CC/C=C1\C(=C/CC)C2(CCN(Cc3ccc(C)cn3)CC2)OC1c1cc(Cl)cc(Cl)c1. The molecule has 0 saturated carbocycles. The molecular weight excluding hydrogens is 439 g/mol. The highest BCUT2D eigenvalue weighted by Crippen LogP contribution is 2.53. The Labute approximate surface area is 202 Å². The van der Waals surface area contributed by atoms with Gasteiger partial charge in [-0.1, -0.05) is 55.3 Å². The summed E-state index contributed by atoms with van der Waals surface area (Å²) < 4.78 is 6.93. The second kappa shape index (κ2) is 10.1. The Morgan fingerprint density at radius 1 is 1.06 bits per heavy atom. The van der Waals surface area contributed by atoms with E-state index in [9.17, 15) is 0 Å². The number of hydrogen-bond acceptors (Lipinski definition) is 3. The predicted octanol–water partition coefficient (Wildman–Crippen LogP) is 7.48. The third kappa shape index (κ3) is 4.97. The van der Waals surface area contributed by atoms with Crippen LogP contribution in [0.1, 0.15) is 62.5 Å². The predicted molar refractivity (Wildman–Crippen MR) is 133 cm³/mol. The van der Waals surface area contributed by atoms with Crippen molar-refractivity contribution in [2.24, 2.45) is 0 Å². The van der Waals surface area contributed by atoms with Crippen LogP contribution in [0.5, 0.6) is 0 Å². The first-order chi connectivity index (χ1) is 15.4. The van der Waals surface area contributed by atoms with Crippen molar-refractivity contribution in [1.82, 2.24) is 9.88 Å². The molecule has 3 heterocycles. The Bertz CT molecular complexity index is 985. The van der Waals surface area contributed by atoms with Crippen molar-refractivity contribution in [2.45, 2.75) is 64.7 Å². The van der Waals surface area contributed by atoms with Crippen LogP contribution in [0.4, 0.5) is 0 Å². The summed E-state index contributed by atoms with van der Waals surface area (Å²) in [5.74, 6) is 0. The van der Waals surface area contributed by atoms with Gasteiger partial charge in [0.25, 0.3) is 0 Å². The zero-order valence-electron chi connectivity index (χ0n) is 19.2. The Morgan fingerprint density at radius 2 is 1.75 bits per heavy atom. The summed E-state index contributed by atoms with van der Waals surface area (Å²) in [5.41, 5.74) is 5.74. The fourth-order valence-electron chi connectivity index (χ4n) is 4.96. The van der Waals surface area contributed by atoms with Gasteiger partial charge in [-0.05, 0) is 79.1 Å². The van der Waals surface area contributed by atoms with Gasteiger partial charge in [0.05, 0.1) is 11.3 Å². The summed E-state index contributed by atoms with van der Waals surface area (Å²) in [5, 5.41) is 1.30. The first kappa shape index (κ1) is 23.5. The third-order valence-corrected chi connectivity index (χ3v) is 6.91. The maximum absolute atomic E-state index is 6.93. The van der Waals surface area contributed by atoms with E-state index in [4.69, 9.17) is 27.9 Å². The number of rotatable bonds is 5. The topological polar surface area (TPSA) is 25.4 Å². The minimum Gasteiger partial charge on any atom is -0.358 e. The van der Waals surface area contributed by atoms with Crippen molar-refractivity contribution < 1.29 is 4.74 Å². The lowest BCUT2D eigenvalue weighted by Gasteiger charge is -2.39. The maximum Gasteiger partial charge on any atom is 0.109 e. The standard InChI is InChI=1S/C27H32Cl2N2O/c1-4-6-24-25(7-5-2)27(32-26(24)20-14-21(28)16-22(29)15-20)10-12-31(13-11-27)18-23-9-8-19(3)17-30-23/h6-9,14-17,26H,4-5,10-13,18H2,1-3H3/b24-6+,25-7+. The summed E-state index contributed by atoms with van der Waals surface area (Å²) in [7, 11) is 0. The van der Waals surface area contributed by atoms with Gasteiger partial charge in [0.1, 0.15) is 6.10 Å². The van der Waals surface area contributed by atoms with Crippen LogP contribution in [0.3, 0.4) is 0 Å². The van der Waals surface area contributed by atoms with Gasteiger partial charge in [0.2, 0.25) is 0 Å². The highest BCUT2D eigenvalue weighted by atomic mass is 35.5. The van der Waals surface area contributed by atoms with E-state index in [1.54, 1.807) is 6.07 Å². The molecule has 0 N–H and O–H groups in total. The van der Waals surface area contributed by atoms with Crippen molar-refractivity contribution in [2.75, 3.05) is 13.1 Å². The van der Waals surface area contributed by atoms with Gasteiger partial charge in [0.15, 0.2) is 0 Å². The average molecular weight is 471 g/mol. The van der Waals surface area contributed by atoms with Crippen molar-refractivity contribution in [1.29, 1.82) is 0 Å². The van der Waals surface area contributed by atoms with E-state index >= 15 is 0 Å². The van der Waals surface area contributed by atoms with Gasteiger partial charge in [-0.15, -0.1) is 0 Å². The molecule has 2 fully saturated rings. The van der Waals surface area contributed by atoms with Crippen molar-refractivity contribution in [3.8, 4) is 0 Å². The van der Waals surface area contributed by atoms with Crippen molar-refractivity contribution in [3.63, 3.8) is 0 Å². The molecule has 1 spiro atoms. The summed E-state index contributed by atoms with van der Waals surface area (Å²) in [6.07, 6.45) is 10.4. The van der Waals surface area contributed by atoms with E-state index in [-0.39, 0.29) is 11.7 Å². The minimum atomic E-state index is -0.256. The number of aromatic nitrogens is 1. The van der Waals surface area contributed by atoms with Crippen LogP contribution in [-0.4, -0.2) is 28.6 Å². The minimum absolute atomic E-state index is 0.130. The van der Waals surface area contributed by atoms with Crippen LogP contribution in [0, 0.1) is 6.92 Å². The molecule has 2 aliphatic rings. The van der Waals surface area contributed by atoms with Crippen LogP contribution in [-0.2, 0) is 11.3 Å². The summed E-state index contributed by atoms with van der Waals surface area (Å²) in [6, 6.07) is 10.0. The molecule has 170 valence electrons. The fourth-order valence-corrected chi connectivity index (χ4v) is 5.50. The Balaban J connectivity index is 1.59. The third-order valence-electron chi connectivity index (χ3n) is 6.47. The lowest BCUT2D eigenvalue weighted by atomic mass is 9.80. The number of allylic oxidation sites excluding steroid dienone is 2. The second-order valence-corrected chi connectivity index (χ2v) is 9.76. The number of halogens is 2. The largest absolute Gasteiger partial charge is 0.358 e. The maximum atomic E-state index is 6.93. The number of piperidine rings is 1.